The highest BCUT2D eigenvalue weighted by Gasteiger charge is 2.01. The normalized spacial score (nSPS) is 10.0. The van der Waals surface area contributed by atoms with Crippen molar-refractivity contribution in [3.05, 3.63) is 29.8 Å². The third kappa shape index (κ3) is 1.66. The number of H-pyrrole nitrogens is 1. The molecule has 0 unspecified atom stereocenters. The lowest BCUT2D eigenvalue weighted by molar-refractivity contribution is -0.107. The Hall–Kier alpha value is -2.04. The van der Waals surface area contributed by atoms with E-state index in [9.17, 15) is 4.79 Å². The Morgan fingerprint density at radius 3 is 2.64 bits per heavy atom. The van der Waals surface area contributed by atoms with Crippen LogP contribution in [0.4, 0.5) is 0 Å². The summed E-state index contributed by atoms with van der Waals surface area (Å²) in [4.78, 5) is 10.2. The van der Waals surface area contributed by atoms with Crippen molar-refractivity contribution in [1.29, 1.82) is 0 Å². The molecule has 0 aliphatic rings. The minimum absolute atomic E-state index is 0.437. The summed E-state index contributed by atoms with van der Waals surface area (Å²) in [5.74, 6) is 0.558. The molecule has 0 aliphatic carbocycles. The van der Waals surface area contributed by atoms with Crippen molar-refractivity contribution >= 4 is 6.29 Å². The Morgan fingerprint density at radius 2 is 2.07 bits per heavy atom. The largest absolute Gasteiger partial charge is 0.303 e. The zero-order valence-corrected chi connectivity index (χ0v) is 7.34. The maximum Gasteiger partial charge on any atom is 0.204 e. The van der Waals surface area contributed by atoms with Crippen LogP contribution in [0, 0.1) is 0 Å². The number of hydrogen-bond acceptors (Lipinski definition) is 4. The van der Waals surface area contributed by atoms with Crippen molar-refractivity contribution in [3.63, 3.8) is 0 Å². The summed E-state index contributed by atoms with van der Waals surface area (Å²) in [7, 11) is 0. The predicted octanol–water partition coefficient (Wildman–Crippen LogP) is 0.608. The van der Waals surface area contributed by atoms with Crippen molar-refractivity contribution in [2.45, 2.75) is 6.42 Å². The fraction of sp³-hybridized carbons (Fsp3) is 0.111. The van der Waals surface area contributed by atoms with Gasteiger partial charge in [0.2, 0.25) is 5.82 Å². The molecule has 5 heteroatoms. The van der Waals surface area contributed by atoms with Gasteiger partial charge in [0.15, 0.2) is 0 Å². The second-order valence-corrected chi connectivity index (χ2v) is 2.80. The van der Waals surface area contributed by atoms with Crippen LogP contribution in [0.15, 0.2) is 24.3 Å². The molecular formula is C9H8N4O. The zero-order chi connectivity index (χ0) is 9.80. The fourth-order valence-corrected chi connectivity index (χ4v) is 1.17. The van der Waals surface area contributed by atoms with E-state index in [1.807, 2.05) is 24.3 Å². The smallest absolute Gasteiger partial charge is 0.204 e. The lowest BCUT2D eigenvalue weighted by Gasteiger charge is -1.96. The molecule has 0 atom stereocenters. The second kappa shape index (κ2) is 3.78. The van der Waals surface area contributed by atoms with Gasteiger partial charge in [0.05, 0.1) is 0 Å². The highest BCUT2D eigenvalue weighted by Crippen LogP contribution is 2.13. The number of carbonyl (C=O) groups excluding carboxylic acids is 1. The maximum atomic E-state index is 10.2. The Balaban J connectivity index is 2.26. The van der Waals surface area contributed by atoms with Gasteiger partial charge in [-0.1, -0.05) is 24.3 Å². The van der Waals surface area contributed by atoms with Crippen LogP contribution in [-0.2, 0) is 11.2 Å². The number of nitrogens with zero attached hydrogens (tertiary/aromatic N) is 3. The highest BCUT2D eigenvalue weighted by atomic mass is 16.1. The topological polar surface area (TPSA) is 71.5 Å². The van der Waals surface area contributed by atoms with Crippen molar-refractivity contribution in [3.8, 4) is 11.4 Å². The van der Waals surface area contributed by atoms with Crippen LogP contribution in [0.1, 0.15) is 5.56 Å². The molecule has 1 aromatic heterocycles. The monoisotopic (exact) mass is 188 g/mol. The van der Waals surface area contributed by atoms with E-state index in [2.05, 4.69) is 20.6 Å². The quantitative estimate of drug-likeness (QED) is 0.716. The first-order chi connectivity index (χ1) is 6.90. The number of tetrazole rings is 1. The molecule has 0 bridgehead atoms. The number of aromatic amines is 1. The molecule has 1 heterocycles. The second-order valence-electron chi connectivity index (χ2n) is 2.80. The fourth-order valence-electron chi connectivity index (χ4n) is 1.17. The molecule has 14 heavy (non-hydrogen) atoms. The van der Waals surface area contributed by atoms with Gasteiger partial charge >= 0.3 is 0 Å². The van der Waals surface area contributed by atoms with E-state index in [0.29, 0.717) is 12.2 Å². The van der Waals surface area contributed by atoms with Gasteiger partial charge in [-0.3, -0.25) is 0 Å². The van der Waals surface area contributed by atoms with Crippen molar-refractivity contribution in [2.75, 3.05) is 0 Å². The van der Waals surface area contributed by atoms with Gasteiger partial charge in [-0.2, -0.15) is 5.21 Å². The molecule has 70 valence electrons. The average Bonchev–Trinajstić information content (AvgIpc) is 2.72. The van der Waals surface area contributed by atoms with Crippen LogP contribution in [-0.4, -0.2) is 26.9 Å². The van der Waals surface area contributed by atoms with E-state index < -0.39 is 0 Å². The van der Waals surface area contributed by atoms with Crippen LogP contribution in [0.25, 0.3) is 11.4 Å². The SMILES string of the molecule is O=CCc1ccc(-c2nn[nH]n2)cc1. The summed E-state index contributed by atoms with van der Waals surface area (Å²) < 4.78 is 0. The van der Waals surface area contributed by atoms with Crippen LogP contribution < -0.4 is 0 Å². The highest BCUT2D eigenvalue weighted by molar-refractivity contribution is 5.58. The third-order valence-electron chi connectivity index (χ3n) is 1.88. The van der Waals surface area contributed by atoms with E-state index in [4.69, 9.17) is 0 Å². The van der Waals surface area contributed by atoms with E-state index in [1.54, 1.807) is 0 Å². The minimum Gasteiger partial charge on any atom is -0.303 e. The van der Waals surface area contributed by atoms with Gasteiger partial charge in [0, 0.05) is 12.0 Å². The number of hydrogen-bond donors (Lipinski definition) is 1. The molecule has 2 aromatic rings. The van der Waals surface area contributed by atoms with Gasteiger partial charge in [-0.05, 0) is 10.8 Å². The predicted molar refractivity (Wildman–Crippen MR) is 49.4 cm³/mol. The third-order valence-corrected chi connectivity index (χ3v) is 1.88. The van der Waals surface area contributed by atoms with Crippen molar-refractivity contribution in [1.82, 2.24) is 20.6 Å². The number of rotatable bonds is 3. The number of carbonyl (C=O) groups is 1. The first-order valence-corrected chi connectivity index (χ1v) is 4.16. The summed E-state index contributed by atoms with van der Waals surface area (Å²) in [6.45, 7) is 0. The van der Waals surface area contributed by atoms with Gasteiger partial charge in [-0.25, -0.2) is 0 Å². The van der Waals surface area contributed by atoms with E-state index in [-0.39, 0.29) is 0 Å². The molecule has 0 aliphatic heterocycles. The number of aromatic nitrogens is 4. The van der Waals surface area contributed by atoms with Crippen molar-refractivity contribution in [2.24, 2.45) is 0 Å². The van der Waals surface area contributed by atoms with E-state index in [1.165, 1.54) is 0 Å². The lowest BCUT2D eigenvalue weighted by Crippen LogP contribution is -1.86. The van der Waals surface area contributed by atoms with Crippen LogP contribution in [0.2, 0.25) is 0 Å². The molecule has 0 radical (unpaired) electrons. The van der Waals surface area contributed by atoms with Crippen LogP contribution >= 0.6 is 0 Å². The standard InChI is InChI=1S/C9H8N4O/c14-6-5-7-1-3-8(4-2-7)9-10-12-13-11-9/h1-4,6H,5H2,(H,10,11,12,13). The Morgan fingerprint density at radius 1 is 1.29 bits per heavy atom. The lowest BCUT2D eigenvalue weighted by atomic mass is 10.1. The molecular weight excluding hydrogens is 180 g/mol. The van der Waals surface area contributed by atoms with Gasteiger partial charge < -0.3 is 4.79 Å². The molecule has 5 nitrogen and oxygen atoms in total. The summed E-state index contributed by atoms with van der Waals surface area (Å²) in [5.41, 5.74) is 1.86. The molecule has 1 N–H and O–H groups in total. The maximum absolute atomic E-state index is 10.2. The van der Waals surface area contributed by atoms with E-state index >= 15 is 0 Å². The molecule has 0 saturated heterocycles. The minimum atomic E-state index is 0.437. The molecule has 0 fully saturated rings. The number of nitrogens with one attached hydrogen (secondary N) is 1. The molecule has 0 amide bonds. The van der Waals surface area contributed by atoms with Crippen LogP contribution in [0.3, 0.4) is 0 Å². The average molecular weight is 188 g/mol. The van der Waals surface area contributed by atoms with Gasteiger partial charge in [0.1, 0.15) is 6.29 Å². The molecule has 0 saturated carbocycles. The summed E-state index contributed by atoms with van der Waals surface area (Å²) >= 11 is 0. The van der Waals surface area contributed by atoms with Crippen molar-refractivity contribution < 1.29 is 4.79 Å². The molecule has 1 aromatic carbocycles. The number of aldehydes is 1. The molecule has 0 spiro atoms. The Labute approximate surface area is 80.2 Å². The van der Waals surface area contributed by atoms with E-state index in [0.717, 1.165) is 17.4 Å². The summed E-state index contributed by atoms with van der Waals surface area (Å²) in [6.07, 6.45) is 1.32. The first-order valence-electron chi connectivity index (χ1n) is 4.16. The number of benzene rings is 1. The van der Waals surface area contributed by atoms with Gasteiger partial charge in [-0.15, -0.1) is 10.2 Å². The van der Waals surface area contributed by atoms with Gasteiger partial charge in [0.25, 0.3) is 0 Å². The zero-order valence-electron chi connectivity index (χ0n) is 7.34. The summed E-state index contributed by atoms with van der Waals surface area (Å²) in [5, 5.41) is 13.5. The first kappa shape index (κ1) is 8.55. The Kier molecular flexibility index (Phi) is 2.31. The molecule has 2 rings (SSSR count). The van der Waals surface area contributed by atoms with Crippen LogP contribution in [0.5, 0.6) is 0 Å². The summed E-state index contributed by atoms with van der Waals surface area (Å²) in [6, 6.07) is 7.48. The Bertz CT molecular complexity index is 407.